The van der Waals surface area contributed by atoms with Crippen LogP contribution in [0.4, 0.5) is 5.69 Å². The first-order valence-corrected chi connectivity index (χ1v) is 10.9. The summed E-state index contributed by atoms with van der Waals surface area (Å²) in [6.07, 6.45) is 7.17. The Morgan fingerprint density at radius 1 is 1.11 bits per heavy atom. The van der Waals surface area contributed by atoms with E-state index in [9.17, 15) is 4.79 Å². The lowest BCUT2D eigenvalue weighted by atomic mass is 10.0. The van der Waals surface area contributed by atoms with E-state index in [2.05, 4.69) is 48.4 Å². The van der Waals surface area contributed by atoms with E-state index in [1.165, 1.54) is 43.0 Å². The fraction of sp³-hybridized carbons (Fsp3) is 0.571. The number of hydrogen-bond donors (Lipinski definition) is 1. The molecule has 1 heterocycles. The van der Waals surface area contributed by atoms with E-state index >= 15 is 0 Å². The standard InChI is InChI=1S/C21H32N4OS/c1-5-6-7-8-9-10-19-23-24-21(25(19)4)27-15-20(26)22-18-13-11-17(12-14-18)16(2)3/h11-14,16H,5-10,15H2,1-4H3,(H,22,26). The van der Waals surface area contributed by atoms with Crippen molar-refractivity contribution >= 4 is 23.4 Å². The average molecular weight is 389 g/mol. The molecular weight excluding hydrogens is 356 g/mol. The van der Waals surface area contributed by atoms with E-state index in [0.717, 1.165) is 29.5 Å². The molecule has 1 amide bonds. The fourth-order valence-corrected chi connectivity index (χ4v) is 3.58. The van der Waals surface area contributed by atoms with Gasteiger partial charge in [0, 0.05) is 19.2 Å². The van der Waals surface area contributed by atoms with Gasteiger partial charge in [-0.3, -0.25) is 4.79 Å². The zero-order valence-electron chi connectivity index (χ0n) is 17.0. The number of unbranched alkanes of at least 4 members (excludes halogenated alkanes) is 4. The van der Waals surface area contributed by atoms with E-state index in [-0.39, 0.29) is 5.91 Å². The number of rotatable bonds is 11. The van der Waals surface area contributed by atoms with Crippen LogP contribution in [0.5, 0.6) is 0 Å². The summed E-state index contributed by atoms with van der Waals surface area (Å²) in [6.45, 7) is 6.54. The quantitative estimate of drug-likeness (QED) is 0.425. The Balaban J connectivity index is 1.77. The second-order valence-corrected chi connectivity index (χ2v) is 8.18. The molecule has 6 heteroatoms. The van der Waals surface area contributed by atoms with Crippen LogP contribution in [-0.2, 0) is 18.3 Å². The van der Waals surface area contributed by atoms with E-state index < -0.39 is 0 Å². The van der Waals surface area contributed by atoms with Crippen LogP contribution in [0.3, 0.4) is 0 Å². The number of benzene rings is 1. The Morgan fingerprint density at radius 2 is 1.81 bits per heavy atom. The Kier molecular flexibility index (Phi) is 8.85. The molecule has 27 heavy (non-hydrogen) atoms. The number of amides is 1. The Hall–Kier alpha value is -1.82. The van der Waals surface area contributed by atoms with E-state index in [0.29, 0.717) is 11.7 Å². The number of hydrogen-bond acceptors (Lipinski definition) is 4. The zero-order valence-corrected chi connectivity index (χ0v) is 17.8. The van der Waals surface area contributed by atoms with Crippen molar-refractivity contribution in [3.8, 4) is 0 Å². The highest BCUT2D eigenvalue weighted by Gasteiger charge is 2.11. The molecular formula is C21H32N4OS. The van der Waals surface area contributed by atoms with Crippen LogP contribution in [0.15, 0.2) is 29.4 Å². The van der Waals surface area contributed by atoms with Gasteiger partial charge in [-0.05, 0) is 30.0 Å². The first kappa shape index (κ1) is 21.5. The molecule has 0 bridgehead atoms. The molecule has 0 saturated heterocycles. The van der Waals surface area contributed by atoms with Crippen molar-refractivity contribution in [1.29, 1.82) is 0 Å². The third-order valence-corrected chi connectivity index (χ3v) is 5.64. The van der Waals surface area contributed by atoms with Crippen molar-refractivity contribution < 1.29 is 4.79 Å². The first-order valence-electron chi connectivity index (χ1n) is 9.92. The summed E-state index contributed by atoms with van der Waals surface area (Å²) in [5.41, 5.74) is 2.10. The van der Waals surface area contributed by atoms with Gasteiger partial charge in [0.2, 0.25) is 5.91 Å². The van der Waals surface area contributed by atoms with Gasteiger partial charge in [0.05, 0.1) is 5.75 Å². The Bertz CT molecular complexity index is 709. The summed E-state index contributed by atoms with van der Waals surface area (Å²) >= 11 is 1.43. The molecule has 0 radical (unpaired) electrons. The normalized spacial score (nSPS) is 11.1. The number of nitrogens with one attached hydrogen (secondary N) is 1. The van der Waals surface area contributed by atoms with Crippen LogP contribution in [0, 0.1) is 0 Å². The average Bonchev–Trinajstić information content (AvgIpc) is 3.00. The molecule has 148 valence electrons. The molecule has 0 aliphatic rings. The van der Waals surface area contributed by atoms with E-state index in [1.807, 2.05) is 23.7 Å². The number of carbonyl (C=O) groups is 1. The third-order valence-electron chi connectivity index (χ3n) is 4.62. The lowest BCUT2D eigenvalue weighted by Crippen LogP contribution is -2.14. The second kappa shape index (κ2) is 11.1. The lowest BCUT2D eigenvalue weighted by Gasteiger charge is -2.08. The van der Waals surface area contributed by atoms with E-state index in [4.69, 9.17) is 0 Å². The maximum Gasteiger partial charge on any atom is 0.234 e. The Labute approximate surface area is 167 Å². The molecule has 0 unspecified atom stereocenters. The SMILES string of the molecule is CCCCCCCc1nnc(SCC(=O)Nc2ccc(C(C)C)cc2)n1C. The molecule has 5 nitrogen and oxygen atoms in total. The predicted octanol–water partition coefficient (Wildman–Crippen LogP) is 5.18. The fourth-order valence-electron chi connectivity index (χ4n) is 2.85. The summed E-state index contributed by atoms with van der Waals surface area (Å²) in [5, 5.41) is 12.3. The summed E-state index contributed by atoms with van der Waals surface area (Å²) in [7, 11) is 1.98. The largest absolute Gasteiger partial charge is 0.325 e. The highest BCUT2D eigenvalue weighted by Crippen LogP contribution is 2.19. The molecule has 0 atom stereocenters. The van der Waals surface area contributed by atoms with Crippen molar-refractivity contribution in [2.45, 2.75) is 70.4 Å². The second-order valence-electron chi connectivity index (χ2n) is 7.24. The van der Waals surface area contributed by atoms with Gasteiger partial charge in [-0.15, -0.1) is 10.2 Å². The van der Waals surface area contributed by atoms with Crippen LogP contribution < -0.4 is 5.32 Å². The minimum Gasteiger partial charge on any atom is -0.325 e. The van der Waals surface area contributed by atoms with Crippen molar-refractivity contribution in [3.63, 3.8) is 0 Å². The molecule has 1 N–H and O–H groups in total. The molecule has 0 aliphatic carbocycles. The van der Waals surface area contributed by atoms with Crippen molar-refractivity contribution in [3.05, 3.63) is 35.7 Å². The van der Waals surface area contributed by atoms with Crippen molar-refractivity contribution in [2.75, 3.05) is 11.1 Å². The minimum absolute atomic E-state index is 0.0265. The van der Waals surface area contributed by atoms with Crippen molar-refractivity contribution in [1.82, 2.24) is 14.8 Å². The highest BCUT2D eigenvalue weighted by molar-refractivity contribution is 7.99. The number of aryl methyl sites for hydroxylation is 1. The molecule has 1 aromatic heterocycles. The lowest BCUT2D eigenvalue weighted by molar-refractivity contribution is -0.113. The van der Waals surface area contributed by atoms with Gasteiger partial charge in [-0.25, -0.2) is 0 Å². The minimum atomic E-state index is -0.0265. The molecule has 0 fully saturated rings. The van der Waals surface area contributed by atoms with Gasteiger partial charge in [0.15, 0.2) is 5.16 Å². The van der Waals surface area contributed by atoms with Crippen LogP contribution in [0.1, 0.15) is 70.2 Å². The number of thioether (sulfide) groups is 1. The summed E-state index contributed by atoms with van der Waals surface area (Å²) in [5.74, 6) is 1.79. The number of aromatic nitrogens is 3. The monoisotopic (exact) mass is 388 g/mol. The first-order chi connectivity index (χ1) is 13.0. The van der Waals surface area contributed by atoms with Gasteiger partial charge in [-0.2, -0.15) is 0 Å². The summed E-state index contributed by atoms with van der Waals surface area (Å²) < 4.78 is 2.01. The van der Waals surface area contributed by atoms with Gasteiger partial charge >= 0.3 is 0 Å². The van der Waals surface area contributed by atoms with E-state index in [1.54, 1.807) is 0 Å². The van der Waals surface area contributed by atoms with Gasteiger partial charge in [0.1, 0.15) is 5.82 Å². The van der Waals surface area contributed by atoms with Gasteiger partial charge < -0.3 is 9.88 Å². The van der Waals surface area contributed by atoms with Crippen LogP contribution >= 0.6 is 11.8 Å². The van der Waals surface area contributed by atoms with Crippen LogP contribution in [-0.4, -0.2) is 26.4 Å². The molecule has 1 aromatic carbocycles. The van der Waals surface area contributed by atoms with Crippen LogP contribution in [0.2, 0.25) is 0 Å². The van der Waals surface area contributed by atoms with Crippen molar-refractivity contribution in [2.24, 2.45) is 7.05 Å². The molecule has 0 saturated carbocycles. The third kappa shape index (κ3) is 7.01. The smallest absolute Gasteiger partial charge is 0.234 e. The highest BCUT2D eigenvalue weighted by atomic mass is 32.2. The molecule has 0 aliphatic heterocycles. The number of nitrogens with zero attached hydrogens (tertiary/aromatic N) is 3. The topological polar surface area (TPSA) is 59.8 Å². The maximum absolute atomic E-state index is 12.2. The van der Waals surface area contributed by atoms with Gasteiger partial charge in [0.25, 0.3) is 0 Å². The summed E-state index contributed by atoms with van der Waals surface area (Å²) in [6, 6.07) is 8.03. The number of carbonyl (C=O) groups excluding carboxylic acids is 1. The maximum atomic E-state index is 12.2. The molecule has 2 rings (SSSR count). The van der Waals surface area contributed by atoms with Gasteiger partial charge in [-0.1, -0.05) is 70.3 Å². The zero-order chi connectivity index (χ0) is 19.6. The molecule has 2 aromatic rings. The Morgan fingerprint density at radius 3 is 2.48 bits per heavy atom. The predicted molar refractivity (Wildman–Crippen MR) is 113 cm³/mol. The number of anilines is 1. The summed E-state index contributed by atoms with van der Waals surface area (Å²) in [4.78, 5) is 12.2. The van der Waals surface area contributed by atoms with Crippen LogP contribution in [0.25, 0.3) is 0 Å². The molecule has 0 spiro atoms.